The van der Waals surface area contributed by atoms with Crippen LogP contribution in [-0.4, -0.2) is 23.4 Å². The number of benzene rings is 1. The van der Waals surface area contributed by atoms with Crippen molar-refractivity contribution in [2.45, 2.75) is 26.1 Å². The molecule has 0 aliphatic rings. The topological polar surface area (TPSA) is 46.5 Å². The molecule has 6 heteroatoms. The number of halogens is 3. The standard InChI is InChI=1S/C11H11F3O3/c1-6-3-4-9(8(5-6)10(15)16)17-7(2)11(12,13)14/h3-5,7H,1-2H3,(H,15,16). The molecule has 1 unspecified atom stereocenters. The Morgan fingerprint density at radius 1 is 1.41 bits per heavy atom. The summed E-state index contributed by atoms with van der Waals surface area (Å²) in [6, 6.07) is 3.98. The molecule has 94 valence electrons. The number of rotatable bonds is 3. The average molecular weight is 248 g/mol. The second-order valence-electron chi connectivity index (χ2n) is 3.61. The van der Waals surface area contributed by atoms with Crippen LogP contribution < -0.4 is 4.74 Å². The summed E-state index contributed by atoms with van der Waals surface area (Å²) in [5.74, 6) is -1.61. The van der Waals surface area contributed by atoms with E-state index in [0.717, 1.165) is 6.92 Å². The fourth-order valence-electron chi connectivity index (χ4n) is 1.17. The van der Waals surface area contributed by atoms with Crippen molar-refractivity contribution in [3.05, 3.63) is 29.3 Å². The summed E-state index contributed by atoms with van der Waals surface area (Å²) in [5, 5.41) is 8.84. The van der Waals surface area contributed by atoms with Crippen molar-refractivity contribution in [2.24, 2.45) is 0 Å². The molecular weight excluding hydrogens is 237 g/mol. The summed E-state index contributed by atoms with van der Waals surface area (Å²) >= 11 is 0. The molecule has 1 N–H and O–H groups in total. The fraction of sp³-hybridized carbons (Fsp3) is 0.364. The Labute approximate surface area is 95.8 Å². The summed E-state index contributed by atoms with van der Waals surface area (Å²) < 4.78 is 41.4. The number of alkyl halides is 3. The summed E-state index contributed by atoms with van der Waals surface area (Å²) in [6.07, 6.45) is -6.58. The van der Waals surface area contributed by atoms with E-state index in [4.69, 9.17) is 5.11 Å². The normalized spacial score (nSPS) is 13.2. The van der Waals surface area contributed by atoms with Gasteiger partial charge in [-0.2, -0.15) is 13.2 Å². The Balaban J connectivity index is 3.03. The molecular formula is C11H11F3O3. The van der Waals surface area contributed by atoms with E-state index in [2.05, 4.69) is 4.74 Å². The van der Waals surface area contributed by atoms with Gasteiger partial charge in [-0.05, 0) is 26.0 Å². The highest BCUT2D eigenvalue weighted by molar-refractivity contribution is 5.91. The van der Waals surface area contributed by atoms with E-state index in [0.29, 0.717) is 5.56 Å². The third-order valence-corrected chi connectivity index (χ3v) is 2.13. The van der Waals surface area contributed by atoms with Crippen LogP contribution in [0.5, 0.6) is 5.75 Å². The van der Waals surface area contributed by atoms with Gasteiger partial charge in [-0.25, -0.2) is 4.79 Å². The Morgan fingerprint density at radius 3 is 2.47 bits per heavy atom. The number of carboxylic acids is 1. The Kier molecular flexibility index (Phi) is 3.65. The minimum Gasteiger partial charge on any atom is -0.480 e. The van der Waals surface area contributed by atoms with Crippen LogP contribution in [0.2, 0.25) is 0 Å². The van der Waals surface area contributed by atoms with Crippen molar-refractivity contribution in [1.29, 1.82) is 0 Å². The van der Waals surface area contributed by atoms with Crippen molar-refractivity contribution < 1.29 is 27.8 Å². The monoisotopic (exact) mass is 248 g/mol. The van der Waals surface area contributed by atoms with Crippen molar-refractivity contribution in [2.75, 3.05) is 0 Å². The zero-order valence-corrected chi connectivity index (χ0v) is 9.21. The Hall–Kier alpha value is -1.72. The maximum atomic E-state index is 12.3. The average Bonchev–Trinajstić information content (AvgIpc) is 2.18. The predicted molar refractivity (Wildman–Crippen MR) is 54.3 cm³/mol. The maximum absolute atomic E-state index is 12.3. The molecule has 0 spiro atoms. The first-order chi connectivity index (χ1) is 7.71. The van der Waals surface area contributed by atoms with Crippen molar-refractivity contribution in [3.63, 3.8) is 0 Å². The lowest BCUT2D eigenvalue weighted by atomic mass is 10.1. The molecule has 1 rings (SSSR count). The SMILES string of the molecule is Cc1ccc(OC(C)C(F)(F)F)c(C(=O)O)c1. The highest BCUT2D eigenvalue weighted by atomic mass is 19.4. The molecule has 0 aliphatic heterocycles. The van der Waals surface area contributed by atoms with Crippen LogP contribution in [0.15, 0.2) is 18.2 Å². The molecule has 1 aromatic carbocycles. The van der Waals surface area contributed by atoms with E-state index >= 15 is 0 Å². The molecule has 1 atom stereocenters. The second kappa shape index (κ2) is 4.65. The minimum atomic E-state index is -4.53. The number of aromatic carboxylic acids is 1. The van der Waals surface area contributed by atoms with E-state index in [1.165, 1.54) is 18.2 Å². The molecule has 0 amide bonds. The van der Waals surface area contributed by atoms with Gasteiger partial charge in [0, 0.05) is 0 Å². The summed E-state index contributed by atoms with van der Waals surface area (Å²) in [4.78, 5) is 10.8. The first-order valence-corrected chi connectivity index (χ1v) is 4.79. The summed E-state index contributed by atoms with van der Waals surface area (Å²) in [7, 11) is 0. The van der Waals surface area contributed by atoms with Gasteiger partial charge >= 0.3 is 12.1 Å². The molecule has 0 saturated heterocycles. The van der Waals surface area contributed by atoms with Crippen LogP contribution >= 0.6 is 0 Å². The van der Waals surface area contributed by atoms with Crippen LogP contribution in [0, 0.1) is 6.92 Å². The van der Waals surface area contributed by atoms with Gasteiger partial charge in [0.05, 0.1) is 0 Å². The molecule has 0 aromatic heterocycles. The number of ether oxygens (including phenoxy) is 1. The Morgan fingerprint density at radius 2 is 2.00 bits per heavy atom. The smallest absolute Gasteiger partial charge is 0.425 e. The van der Waals surface area contributed by atoms with Gasteiger partial charge in [0.1, 0.15) is 11.3 Å². The molecule has 1 aromatic rings. The van der Waals surface area contributed by atoms with Crippen LogP contribution in [0.25, 0.3) is 0 Å². The van der Waals surface area contributed by atoms with Gasteiger partial charge in [-0.15, -0.1) is 0 Å². The van der Waals surface area contributed by atoms with Gasteiger partial charge in [0.15, 0.2) is 6.10 Å². The van der Waals surface area contributed by atoms with Crippen molar-refractivity contribution in [3.8, 4) is 5.75 Å². The zero-order valence-electron chi connectivity index (χ0n) is 9.21. The zero-order chi connectivity index (χ0) is 13.2. The number of hydrogen-bond acceptors (Lipinski definition) is 2. The number of carboxylic acid groups (broad SMARTS) is 1. The van der Waals surface area contributed by atoms with Crippen molar-refractivity contribution in [1.82, 2.24) is 0 Å². The minimum absolute atomic E-state index is 0.277. The third kappa shape index (κ3) is 3.37. The highest BCUT2D eigenvalue weighted by Crippen LogP contribution is 2.27. The van der Waals surface area contributed by atoms with Gasteiger partial charge in [-0.1, -0.05) is 11.6 Å². The van der Waals surface area contributed by atoms with Gasteiger partial charge in [0.2, 0.25) is 0 Å². The summed E-state index contributed by atoms with van der Waals surface area (Å²) in [6.45, 7) is 2.47. The first-order valence-electron chi connectivity index (χ1n) is 4.79. The molecule has 0 heterocycles. The Bertz CT molecular complexity index is 426. The lowest BCUT2D eigenvalue weighted by molar-refractivity contribution is -0.189. The van der Waals surface area contributed by atoms with Crippen LogP contribution in [0.1, 0.15) is 22.8 Å². The van der Waals surface area contributed by atoms with Gasteiger partial charge in [0.25, 0.3) is 0 Å². The van der Waals surface area contributed by atoms with E-state index in [1.54, 1.807) is 6.92 Å². The lowest BCUT2D eigenvalue weighted by Crippen LogP contribution is -2.31. The number of carbonyl (C=O) groups is 1. The van der Waals surface area contributed by atoms with Gasteiger partial charge < -0.3 is 9.84 Å². The third-order valence-electron chi connectivity index (χ3n) is 2.13. The van der Waals surface area contributed by atoms with Crippen LogP contribution in [0.4, 0.5) is 13.2 Å². The van der Waals surface area contributed by atoms with E-state index in [9.17, 15) is 18.0 Å². The lowest BCUT2D eigenvalue weighted by Gasteiger charge is -2.18. The molecule has 3 nitrogen and oxygen atoms in total. The number of hydrogen-bond donors (Lipinski definition) is 1. The quantitative estimate of drug-likeness (QED) is 0.894. The van der Waals surface area contributed by atoms with Crippen LogP contribution in [0.3, 0.4) is 0 Å². The molecule has 0 radical (unpaired) electrons. The fourth-order valence-corrected chi connectivity index (χ4v) is 1.17. The maximum Gasteiger partial charge on any atom is 0.425 e. The largest absolute Gasteiger partial charge is 0.480 e. The molecule has 0 aliphatic carbocycles. The van der Waals surface area contributed by atoms with Crippen LogP contribution in [-0.2, 0) is 0 Å². The first kappa shape index (κ1) is 13.3. The van der Waals surface area contributed by atoms with Gasteiger partial charge in [-0.3, -0.25) is 0 Å². The predicted octanol–water partition coefficient (Wildman–Crippen LogP) is 3.02. The van der Waals surface area contributed by atoms with E-state index in [-0.39, 0.29) is 11.3 Å². The van der Waals surface area contributed by atoms with E-state index in [1.807, 2.05) is 0 Å². The highest BCUT2D eigenvalue weighted by Gasteiger charge is 2.38. The second-order valence-corrected chi connectivity index (χ2v) is 3.61. The molecule has 17 heavy (non-hydrogen) atoms. The number of aryl methyl sites for hydroxylation is 1. The molecule has 0 bridgehead atoms. The molecule has 0 saturated carbocycles. The molecule has 0 fully saturated rings. The van der Waals surface area contributed by atoms with E-state index < -0.39 is 18.2 Å². The van der Waals surface area contributed by atoms with Crippen molar-refractivity contribution >= 4 is 5.97 Å². The summed E-state index contributed by atoms with van der Waals surface area (Å²) in [5.41, 5.74) is 0.357.